The number of rotatable bonds is 3. The molecule has 0 atom stereocenters. The van der Waals surface area contributed by atoms with Crippen molar-refractivity contribution in [3.8, 4) is 11.4 Å². The van der Waals surface area contributed by atoms with Gasteiger partial charge in [-0.3, -0.25) is 4.79 Å². The standard InChI is InChI=1S/C22H18ClN3O/c1-13-4-3-5-14(2)20(13)26-22(27)16-8-6-15(7-9-16)21-24-18-11-10-17(23)12-19(18)25-21/h3-12H,1-2H3,(H,24,25)(H,26,27). The number of H-pyrrole nitrogens is 1. The van der Waals surface area contributed by atoms with Gasteiger partial charge in [0.25, 0.3) is 5.91 Å². The lowest BCUT2D eigenvalue weighted by atomic mass is 10.1. The molecular weight excluding hydrogens is 358 g/mol. The van der Waals surface area contributed by atoms with Gasteiger partial charge in [0.15, 0.2) is 0 Å². The molecule has 1 aromatic heterocycles. The Morgan fingerprint density at radius 3 is 2.41 bits per heavy atom. The van der Waals surface area contributed by atoms with Crippen LogP contribution in [0.25, 0.3) is 22.4 Å². The summed E-state index contributed by atoms with van der Waals surface area (Å²) in [5, 5.41) is 3.67. The second kappa shape index (κ2) is 6.89. The fourth-order valence-electron chi connectivity index (χ4n) is 3.10. The van der Waals surface area contributed by atoms with Gasteiger partial charge < -0.3 is 10.3 Å². The molecule has 4 nitrogen and oxygen atoms in total. The van der Waals surface area contributed by atoms with Gasteiger partial charge in [-0.1, -0.05) is 41.9 Å². The maximum atomic E-state index is 12.6. The van der Waals surface area contributed by atoms with Crippen molar-refractivity contribution in [2.24, 2.45) is 0 Å². The maximum absolute atomic E-state index is 12.6. The highest BCUT2D eigenvalue weighted by atomic mass is 35.5. The minimum Gasteiger partial charge on any atom is -0.338 e. The van der Waals surface area contributed by atoms with E-state index in [1.165, 1.54) is 0 Å². The second-order valence-electron chi connectivity index (χ2n) is 6.55. The topological polar surface area (TPSA) is 57.8 Å². The van der Waals surface area contributed by atoms with Crippen LogP contribution in [-0.4, -0.2) is 15.9 Å². The first-order valence-electron chi connectivity index (χ1n) is 8.64. The fraction of sp³-hybridized carbons (Fsp3) is 0.0909. The normalized spacial score (nSPS) is 10.9. The molecule has 1 heterocycles. The van der Waals surface area contributed by atoms with Crippen LogP contribution in [0.3, 0.4) is 0 Å². The molecule has 27 heavy (non-hydrogen) atoms. The summed E-state index contributed by atoms with van der Waals surface area (Å²) in [6.45, 7) is 3.97. The first-order valence-corrected chi connectivity index (χ1v) is 9.02. The van der Waals surface area contributed by atoms with Crippen molar-refractivity contribution >= 4 is 34.2 Å². The summed E-state index contributed by atoms with van der Waals surface area (Å²) in [4.78, 5) is 20.4. The zero-order valence-electron chi connectivity index (χ0n) is 15.0. The summed E-state index contributed by atoms with van der Waals surface area (Å²) in [7, 11) is 0. The number of benzene rings is 3. The molecular formula is C22H18ClN3O. The van der Waals surface area contributed by atoms with Gasteiger partial charge >= 0.3 is 0 Å². The number of anilines is 1. The van der Waals surface area contributed by atoms with E-state index >= 15 is 0 Å². The van der Waals surface area contributed by atoms with Crippen LogP contribution >= 0.6 is 11.6 Å². The molecule has 0 aliphatic heterocycles. The van der Waals surface area contributed by atoms with Gasteiger partial charge in [0.05, 0.1) is 11.0 Å². The van der Waals surface area contributed by atoms with Gasteiger partial charge in [-0.05, 0) is 55.3 Å². The number of fused-ring (bicyclic) bond motifs is 1. The molecule has 0 unspecified atom stereocenters. The number of aromatic nitrogens is 2. The van der Waals surface area contributed by atoms with E-state index < -0.39 is 0 Å². The Hall–Kier alpha value is -3.11. The molecule has 4 rings (SSSR count). The van der Waals surface area contributed by atoms with Crippen LogP contribution in [0.1, 0.15) is 21.5 Å². The van der Waals surface area contributed by atoms with Crippen LogP contribution in [0.15, 0.2) is 60.7 Å². The highest BCUT2D eigenvalue weighted by Gasteiger charge is 2.11. The average molecular weight is 376 g/mol. The van der Waals surface area contributed by atoms with Gasteiger partial charge in [0, 0.05) is 21.8 Å². The van der Waals surface area contributed by atoms with E-state index in [0.717, 1.165) is 39.2 Å². The van der Waals surface area contributed by atoms with Crippen molar-refractivity contribution < 1.29 is 4.79 Å². The van der Waals surface area contributed by atoms with Gasteiger partial charge in [0.2, 0.25) is 0 Å². The largest absolute Gasteiger partial charge is 0.338 e. The number of aromatic amines is 1. The molecule has 0 aliphatic rings. The highest BCUT2D eigenvalue weighted by Crippen LogP contribution is 2.24. The number of carbonyl (C=O) groups excluding carboxylic acids is 1. The highest BCUT2D eigenvalue weighted by molar-refractivity contribution is 6.31. The number of halogens is 1. The number of nitrogens with zero attached hydrogens (tertiary/aromatic N) is 1. The quantitative estimate of drug-likeness (QED) is 0.478. The monoisotopic (exact) mass is 375 g/mol. The minimum absolute atomic E-state index is 0.129. The fourth-order valence-corrected chi connectivity index (χ4v) is 3.27. The first kappa shape index (κ1) is 17.3. The van der Waals surface area contributed by atoms with Crippen LogP contribution in [0.5, 0.6) is 0 Å². The molecule has 5 heteroatoms. The van der Waals surface area contributed by atoms with E-state index in [4.69, 9.17) is 11.6 Å². The van der Waals surface area contributed by atoms with Crippen molar-refractivity contribution in [1.82, 2.24) is 9.97 Å². The van der Waals surface area contributed by atoms with Gasteiger partial charge in [-0.2, -0.15) is 0 Å². The van der Waals surface area contributed by atoms with E-state index in [0.29, 0.717) is 10.6 Å². The lowest BCUT2D eigenvalue weighted by molar-refractivity contribution is 0.102. The van der Waals surface area contributed by atoms with Crippen molar-refractivity contribution in [3.05, 3.63) is 82.4 Å². The van der Waals surface area contributed by atoms with E-state index in [-0.39, 0.29) is 5.91 Å². The summed E-state index contributed by atoms with van der Waals surface area (Å²) >= 11 is 6.03. The third-order valence-electron chi connectivity index (χ3n) is 4.58. The van der Waals surface area contributed by atoms with Gasteiger partial charge in [0.1, 0.15) is 5.82 Å². The Labute approximate surface area is 162 Å². The first-order chi connectivity index (χ1) is 13.0. The predicted octanol–water partition coefficient (Wildman–Crippen LogP) is 5.75. The summed E-state index contributed by atoms with van der Waals surface area (Å²) < 4.78 is 0. The van der Waals surface area contributed by atoms with Crippen molar-refractivity contribution in [1.29, 1.82) is 0 Å². The molecule has 0 fully saturated rings. The zero-order valence-corrected chi connectivity index (χ0v) is 15.8. The summed E-state index contributed by atoms with van der Waals surface area (Å²) in [6.07, 6.45) is 0. The summed E-state index contributed by atoms with van der Waals surface area (Å²) in [5.74, 6) is 0.615. The molecule has 0 radical (unpaired) electrons. The van der Waals surface area contributed by atoms with Gasteiger partial charge in [-0.25, -0.2) is 4.98 Å². The smallest absolute Gasteiger partial charge is 0.255 e. The minimum atomic E-state index is -0.129. The van der Waals surface area contributed by atoms with Crippen molar-refractivity contribution in [2.75, 3.05) is 5.32 Å². The molecule has 0 saturated carbocycles. The lowest BCUT2D eigenvalue weighted by Crippen LogP contribution is -2.13. The number of nitrogens with one attached hydrogen (secondary N) is 2. The van der Waals surface area contributed by atoms with Crippen LogP contribution in [0, 0.1) is 13.8 Å². The van der Waals surface area contributed by atoms with Gasteiger partial charge in [-0.15, -0.1) is 0 Å². The SMILES string of the molecule is Cc1cccc(C)c1NC(=O)c1ccc(-c2nc3ccc(Cl)cc3[nH]2)cc1. The molecule has 4 aromatic rings. The van der Waals surface area contributed by atoms with Crippen molar-refractivity contribution in [3.63, 3.8) is 0 Å². The van der Waals surface area contributed by atoms with E-state index in [9.17, 15) is 4.79 Å². The average Bonchev–Trinajstić information content (AvgIpc) is 3.08. The summed E-state index contributed by atoms with van der Waals surface area (Å²) in [6, 6.07) is 18.9. The van der Waals surface area contributed by atoms with Crippen molar-refractivity contribution in [2.45, 2.75) is 13.8 Å². The zero-order chi connectivity index (χ0) is 19.0. The van der Waals surface area contributed by atoms with Crippen LogP contribution in [0.4, 0.5) is 5.69 Å². The third-order valence-corrected chi connectivity index (χ3v) is 4.82. The molecule has 3 aromatic carbocycles. The number of carbonyl (C=O) groups is 1. The molecule has 0 spiro atoms. The Kier molecular flexibility index (Phi) is 4.42. The summed E-state index contributed by atoms with van der Waals surface area (Å²) in [5.41, 5.74) is 6.19. The number of para-hydroxylation sites is 1. The maximum Gasteiger partial charge on any atom is 0.255 e. The molecule has 2 N–H and O–H groups in total. The number of imidazole rings is 1. The molecule has 0 bridgehead atoms. The number of aryl methyl sites for hydroxylation is 2. The lowest BCUT2D eigenvalue weighted by Gasteiger charge is -2.11. The third kappa shape index (κ3) is 3.44. The van der Waals surface area contributed by atoms with Crippen LogP contribution in [-0.2, 0) is 0 Å². The van der Waals surface area contributed by atoms with E-state index in [2.05, 4.69) is 15.3 Å². The number of amides is 1. The molecule has 1 amide bonds. The Morgan fingerprint density at radius 2 is 1.70 bits per heavy atom. The number of hydrogen-bond acceptors (Lipinski definition) is 2. The molecule has 0 saturated heterocycles. The molecule has 134 valence electrons. The predicted molar refractivity (Wildman–Crippen MR) is 110 cm³/mol. The Bertz CT molecular complexity index is 1130. The number of hydrogen-bond donors (Lipinski definition) is 2. The molecule has 0 aliphatic carbocycles. The second-order valence-corrected chi connectivity index (χ2v) is 6.98. The van der Waals surface area contributed by atoms with E-state index in [1.807, 2.05) is 62.4 Å². The Balaban J connectivity index is 1.58. The van der Waals surface area contributed by atoms with Crippen LogP contribution < -0.4 is 5.32 Å². The van der Waals surface area contributed by atoms with Crippen LogP contribution in [0.2, 0.25) is 5.02 Å². The Morgan fingerprint density at radius 1 is 1.00 bits per heavy atom. The van der Waals surface area contributed by atoms with E-state index in [1.54, 1.807) is 12.1 Å².